The van der Waals surface area contributed by atoms with Gasteiger partial charge in [0, 0.05) is 0 Å². The van der Waals surface area contributed by atoms with Gasteiger partial charge in [-0.3, -0.25) is 0 Å². The largest absolute Gasteiger partial charge is 2.00 e. The van der Waals surface area contributed by atoms with Crippen LogP contribution in [-0.4, -0.2) is 16.0 Å². The molecule has 0 spiro atoms. The monoisotopic (exact) mass is 363 g/mol. The number of carbonyl (C=O) groups excluding carboxylic acids is 1. The van der Waals surface area contributed by atoms with E-state index in [1.165, 1.54) is 6.07 Å². The summed E-state index contributed by atoms with van der Waals surface area (Å²) < 4.78 is 0.495. The molecule has 1 radical (unpaired) electrons. The van der Waals surface area contributed by atoms with E-state index in [1.807, 2.05) is 0 Å². The summed E-state index contributed by atoms with van der Waals surface area (Å²) in [6.45, 7) is 0. The third-order valence-electron chi connectivity index (χ3n) is 0.924. The molecule has 0 aliphatic carbocycles. The average Bonchev–Trinajstić information content (AvgIpc) is 2.03. The van der Waals surface area contributed by atoms with Gasteiger partial charge in [-0.05, 0) is 28.1 Å². The molecule has 6 N–H and O–H groups in total. The zero-order valence-corrected chi connectivity index (χ0v) is 10.5. The number of carboxylic acids is 1. The predicted octanol–water partition coefficient (Wildman–Crippen LogP) is -1.88. The maximum absolute atomic E-state index is 10.2. The molecule has 0 unspecified atom stereocenters. The Morgan fingerprint density at radius 3 is 1.94 bits per heavy atom. The molecule has 0 bridgehead atoms. The first kappa shape index (κ1) is 24.8. The smallest absolute Gasteiger partial charge is 0.543 e. The van der Waals surface area contributed by atoms with Crippen molar-refractivity contribution in [3.05, 3.63) is 43.8 Å². The van der Waals surface area contributed by atoms with Crippen molar-refractivity contribution in [2.24, 2.45) is 0 Å². The maximum Gasteiger partial charge on any atom is 2.00 e. The van der Waals surface area contributed by atoms with Gasteiger partial charge in [0.2, 0.25) is 0 Å². The Labute approximate surface area is 114 Å². The Balaban J connectivity index is -0.000000108. The van der Waals surface area contributed by atoms with Crippen LogP contribution in [0.5, 0.6) is 0 Å². The first-order chi connectivity index (χ1) is 6.43. The van der Waals surface area contributed by atoms with E-state index >= 15 is 0 Å². The molecule has 11 heteroatoms. The number of carboxylic acid groups (broad SMARTS) is 1. The Morgan fingerprint density at radius 1 is 1.29 bits per heavy atom. The molecule has 17 heavy (non-hydrogen) atoms. The minimum atomic E-state index is -1.75. The predicted molar refractivity (Wildman–Crippen MR) is 56.4 cm³/mol. The van der Waals surface area contributed by atoms with Crippen LogP contribution in [0, 0.1) is 15.3 Å². The summed E-state index contributed by atoms with van der Waals surface area (Å²) in [5.41, 5.74) is -0.0608. The van der Waals surface area contributed by atoms with E-state index in [0.29, 0.717) is 4.60 Å². The van der Waals surface area contributed by atoms with Gasteiger partial charge in [0.05, 0.1) is 16.7 Å². The Hall–Kier alpha value is -1.26. The van der Waals surface area contributed by atoms with Crippen LogP contribution < -0.4 is 5.11 Å². The normalized spacial score (nSPS) is 6.88. The quantitative estimate of drug-likeness (QED) is 0.184. The third kappa shape index (κ3) is 14.7. The molecule has 0 aliphatic rings. The SMILES string of the molecule is O=C([O-])c1cccc(Br)n1.O=[N+]([O-])[O-].[Cu+2].[OH3+].[OH3+]. The van der Waals surface area contributed by atoms with Crippen molar-refractivity contribution in [2.45, 2.75) is 0 Å². The molecule has 0 aromatic carbocycles. The minimum Gasteiger partial charge on any atom is -0.543 e. The molecule has 101 valence electrons. The van der Waals surface area contributed by atoms with Crippen molar-refractivity contribution >= 4 is 21.9 Å². The molecular formula is C6H9BrCuN2O7+2. The molecule has 9 nitrogen and oxygen atoms in total. The van der Waals surface area contributed by atoms with Crippen LogP contribution in [0.2, 0.25) is 0 Å². The van der Waals surface area contributed by atoms with Crippen molar-refractivity contribution < 1.29 is 43.0 Å². The summed E-state index contributed by atoms with van der Waals surface area (Å²) >= 11 is 3.03. The Morgan fingerprint density at radius 2 is 1.71 bits per heavy atom. The van der Waals surface area contributed by atoms with Crippen LogP contribution in [0.25, 0.3) is 0 Å². The van der Waals surface area contributed by atoms with Crippen LogP contribution in [0.15, 0.2) is 22.8 Å². The number of carbonyl (C=O) groups is 1. The Bertz CT molecular complexity index is 347. The van der Waals surface area contributed by atoms with Gasteiger partial charge in [0.1, 0.15) is 4.60 Å². The van der Waals surface area contributed by atoms with Gasteiger partial charge in [0.15, 0.2) is 0 Å². The van der Waals surface area contributed by atoms with Gasteiger partial charge >= 0.3 is 17.1 Å². The molecule has 0 atom stereocenters. The maximum atomic E-state index is 10.2. The fourth-order valence-corrected chi connectivity index (χ4v) is 0.866. The molecular weight excluding hydrogens is 356 g/mol. The van der Waals surface area contributed by atoms with Gasteiger partial charge in [-0.1, -0.05) is 6.07 Å². The summed E-state index contributed by atoms with van der Waals surface area (Å²) in [6.07, 6.45) is 0. The second-order valence-corrected chi connectivity index (χ2v) is 2.67. The first-order valence-corrected chi connectivity index (χ1v) is 3.88. The standard InChI is InChI=1S/C6H4BrNO2.Cu.NO3.2H2O/c7-5-3-1-2-4(8-5)6(9)10;;2-1(3)4;;/h1-3H,(H,9,10);;;2*1H2/q;+2;-1;;/p+1. The van der Waals surface area contributed by atoms with E-state index < -0.39 is 11.1 Å². The van der Waals surface area contributed by atoms with Crippen molar-refractivity contribution in [3.8, 4) is 0 Å². The van der Waals surface area contributed by atoms with Gasteiger partial charge in [0.25, 0.3) is 0 Å². The number of pyridine rings is 1. The molecule has 0 saturated carbocycles. The van der Waals surface area contributed by atoms with E-state index in [0.717, 1.165) is 0 Å². The molecule has 0 aliphatic heterocycles. The fraction of sp³-hybridized carbons (Fsp3) is 0. The first-order valence-electron chi connectivity index (χ1n) is 3.09. The van der Waals surface area contributed by atoms with Crippen LogP contribution >= 0.6 is 15.9 Å². The summed E-state index contributed by atoms with van der Waals surface area (Å²) in [4.78, 5) is 22.0. The van der Waals surface area contributed by atoms with Crippen molar-refractivity contribution in [2.75, 3.05) is 0 Å². The van der Waals surface area contributed by atoms with E-state index in [9.17, 15) is 9.90 Å². The summed E-state index contributed by atoms with van der Waals surface area (Å²) in [6, 6.07) is 4.61. The molecule has 1 aromatic heterocycles. The van der Waals surface area contributed by atoms with Crippen molar-refractivity contribution in [1.82, 2.24) is 4.98 Å². The molecule has 0 fully saturated rings. The second kappa shape index (κ2) is 12.8. The van der Waals surface area contributed by atoms with E-state index in [1.54, 1.807) is 12.1 Å². The van der Waals surface area contributed by atoms with Crippen molar-refractivity contribution in [3.63, 3.8) is 0 Å². The number of aromatic nitrogens is 1. The zero-order chi connectivity index (χ0) is 11.1. The van der Waals surface area contributed by atoms with E-state index in [2.05, 4.69) is 20.9 Å². The number of aromatic carboxylic acids is 1. The summed E-state index contributed by atoms with van der Waals surface area (Å²) in [7, 11) is 0. The fourth-order valence-electron chi connectivity index (χ4n) is 0.522. The number of hydrogen-bond donors (Lipinski definition) is 0. The van der Waals surface area contributed by atoms with Crippen molar-refractivity contribution in [1.29, 1.82) is 0 Å². The molecule has 0 amide bonds. The zero-order valence-electron chi connectivity index (χ0n) is 8.00. The number of rotatable bonds is 1. The van der Waals surface area contributed by atoms with Crippen LogP contribution in [0.1, 0.15) is 10.5 Å². The Kier molecular flexibility index (Phi) is 18.7. The topological polar surface area (TPSA) is 185 Å². The van der Waals surface area contributed by atoms with Gasteiger partial charge in [-0.2, -0.15) is 0 Å². The number of halogens is 1. The van der Waals surface area contributed by atoms with E-state index in [-0.39, 0.29) is 33.7 Å². The van der Waals surface area contributed by atoms with Crippen LogP contribution in [-0.2, 0) is 28.0 Å². The van der Waals surface area contributed by atoms with Crippen LogP contribution in [0.3, 0.4) is 0 Å². The molecule has 1 aromatic rings. The van der Waals surface area contributed by atoms with E-state index in [4.69, 9.17) is 15.3 Å². The minimum absolute atomic E-state index is 0. The number of nitrogens with zero attached hydrogens (tertiary/aromatic N) is 2. The summed E-state index contributed by atoms with van der Waals surface area (Å²) in [5.74, 6) is -1.26. The van der Waals surface area contributed by atoms with Gasteiger partial charge in [-0.25, -0.2) is 4.98 Å². The number of hydrogen-bond acceptors (Lipinski definition) is 6. The molecule has 1 heterocycles. The molecule has 1 rings (SSSR count). The van der Waals surface area contributed by atoms with Gasteiger partial charge < -0.3 is 36.2 Å². The molecule has 0 saturated heterocycles. The second-order valence-electron chi connectivity index (χ2n) is 1.86. The third-order valence-corrected chi connectivity index (χ3v) is 1.37. The average molecular weight is 365 g/mol. The summed E-state index contributed by atoms with van der Waals surface area (Å²) in [5, 5.41) is 24.9. The van der Waals surface area contributed by atoms with Gasteiger partial charge in [-0.15, -0.1) is 0 Å². The van der Waals surface area contributed by atoms with Crippen LogP contribution in [0.4, 0.5) is 0 Å².